The van der Waals surface area contributed by atoms with Gasteiger partial charge in [-0.05, 0) is 20.6 Å². The monoisotopic (exact) mass is 250 g/mol. The van der Waals surface area contributed by atoms with Crippen LogP contribution in [0.2, 0.25) is 0 Å². The Morgan fingerprint density at radius 1 is 0.722 bits per heavy atom. The van der Waals surface area contributed by atoms with Gasteiger partial charge >= 0.3 is 0 Å². The van der Waals surface area contributed by atoms with Gasteiger partial charge < -0.3 is 11.5 Å². The van der Waals surface area contributed by atoms with Crippen molar-refractivity contribution in [3.63, 3.8) is 0 Å². The van der Waals surface area contributed by atoms with Crippen molar-refractivity contribution in [3.8, 4) is 0 Å². The molecule has 0 bridgehead atoms. The van der Waals surface area contributed by atoms with Crippen LogP contribution >= 0.6 is 0 Å². The van der Waals surface area contributed by atoms with Crippen molar-refractivity contribution in [3.05, 3.63) is 11.4 Å². The van der Waals surface area contributed by atoms with Crippen molar-refractivity contribution < 1.29 is 9.26 Å². The van der Waals surface area contributed by atoms with Crippen molar-refractivity contribution in [2.75, 3.05) is 11.5 Å². The molecule has 18 heavy (non-hydrogen) atoms. The second-order valence-electron chi connectivity index (χ2n) is 3.14. The minimum atomic E-state index is 0.0873. The summed E-state index contributed by atoms with van der Waals surface area (Å²) < 4.78 is 8.87. The van der Waals surface area contributed by atoms with Crippen LogP contribution in [0.4, 0.5) is 11.6 Å². The molecule has 0 fully saturated rings. The number of nitrogens with one attached hydrogen (secondary N) is 2. The predicted octanol–water partition coefficient (Wildman–Crippen LogP) is -2.17. The summed E-state index contributed by atoms with van der Waals surface area (Å²) in [6, 6.07) is 0. The van der Waals surface area contributed by atoms with Crippen LogP contribution in [0.1, 0.15) is 11.4 Å². The third-order valence-corrected chi connectivity index (χ3v) is 2.02. The van der Waals surface area contributed by atoms with E-state index >= 15 is 0 Å². The maximum atomic E-state index is 5.50. The first-order chi connectivity index (χ1) is 8.75. The topological polar surface area (TPSA) is 179 Å². The highest BCUT2D eigenvalue weighted by molar-refractivity contribution is 6.07. The first-order valence-electron chi connectivity index (χ1n) is 4.60. The summed E-state index contributed by atoms with van der Waals surface area (Å²) in [6.45, 7) is 0. The molecule has 1 aliphatic heterocycles. The van der Waals surface area contributed by atoms with Crippen LogP contribution in [0.25, 0.3) is 0 Å². The molecular formula is C6H6N10O2. The van der Waals surface area contributed by atoms with E-state index in [1.165, 1.54) is 0 Å². The van der Waals surface area contributed by atoms with Gasteiger partial charge in [-0.15, -0.1) is 0 Å². The van der Waals surface area contributed by atoms with Crippen LogP contribution in [0.15, 0.2) is 19.5 Å². The second kappa shape index (κ2) is 3.69. The zero-order valence-electron chi connectivity index (χ0n) is 8.65. The van der Waals surface area contributed by atoms with Crippen LogP contribution in [0.3, 0.4) is 0 Å². The summed E-state index contributed by atoms with van der Waals surface area (Å²) in [4.78, 5) is 0. The number of nitrogens with two attached hydrogens (primary N) is 2. The molecule has 0 saturated heterocycles. The van der Waals surface area contributed by atoms with Crippen LogP contribution in [0.5, 0.6) is 0 Å². The Morgan fingerprint density at radius 3 is 1.44 bits per heavy atom. The highest BCUT2D eigenvalue weighted by Gasteiger charge is 2.21. The number of aromatic nitrogens is 4. The van der Waals surface area contributed by atoms with E-state index in [1.54, 1.807) is 0 Å². The van der Waals surface area contributed by atoms with Gasteiger partial charge in [0.15, 0.2) is 34.7 Å². The predicted molar refractivity (Wildman–Crippen MR) is 56.8 cm³/mol. The number of hydrogen-bond acceptors (Lipinski definition) is 12. The number of nitrogens with zero attached hydrogens (tertiary/aromatic N) is 6. The smallest absolute Gasteiger partial charge is 0.200 e. The zero-order valence-corrected chi connectivity index (χ0v) is 8.65. The number of hydrogen-bond donors (Lipinski definition) is 4. The molecule has 0 radical (unpaired) electrons. The molecule has 3 rings (SSSR count). The van der Waals surface area contributed by atoms with E-state index in [1.807, 2.05) is 0 Å². The number of rotatable bonds is 2. The van der Waals surface area contributed by atoms with Gasteiger partial charge in [-0.25, -0.2) is 9.26 Å². The van der Waals surface area contributed by atoms with Crippen molar-refractivity contribution in [1.29, 1.82) is 0 Å². The third-order valence-electron chi connectivity index (χ3n) is 2.02. The number of nitrogen functional groups attached to an aromatic ring is 2. The lowest BCUT2D eigenvalue weighted by Crippen LogP contribution is -2.35. The van der Waals surface area contributed by atoms with Crippen LogP contribution in [0, 0.1) is 0 Å². The van der Waals surface area contributed by atoms with Crippen LogP contribution in [-0.4, -0.2) is 32.3 Å². The molecular weight excluding hydrogens is 244 g/mol. The van der Waals surface area contributed by atoms with Gasteiger partial charge in [0.05, 0.1) is 0 Å². The van der Waals surface area contributed by atoms with Crippen molar-refractivity contribution >= 4 is 23.3 Å². The van der Waals surface area contributed by atoms with Crippen molar-refractivity contribution in [1.82, 2.24) is 31.5 Å². The van der Waals surface area contributed by atoms with Gasteiger partial charge in [-0.2, -0.15) is 10.2 Å². The molecule has 92 valence electrons. The summed E-state index contributed by atoms with van der Waals surface area (Å²) in [7, 11) is 0. The van der Waals surface area contributed by atoms with Gasteiger partial charge in [0, 0.05) is 0 Å². The molecule has 1 aliphatic rings. The Balaban J connectivity index is 1.83. The summed E-state index contributed by atoms with van der Waals surface area (Å²) >= 11 is 0. The fraction of sp³-hybridized carbons (Fsp3) is 0. The van der Waals surface area contributed by atoms with Gasteiger partial charge in [0.2, 0.25) is 0 Å². The Kier molecular flexibility index (Phi) is 2.05. The first-order valence-corrected chi connectivity index (χ1v) is 4.60. The van der Waals surface area contributed by atoms with E-state index in [2.05, 4.69) is 50.9 Å². The largest absolute Gasteiger partial charge is 0.379 e. The number of amidine groups is 2. The van der Waals surface area contributed by atoms with E-state index in [4.69, 9.17) is 11.5 Å². The average Bonchev–Trinajstić information content (AvgIpc) is 2.98. The SMILES string of the molecule is Nc1nonc1C1=NNC(c2nonc2N)=NN1. The lowest BCUT2D eigenvalue weighted by atomic mass is 10.4. The molecule has 0 aromatic carbocycles. The van der Waals surface area contributed by atoms with Gasteiger partial charge in [-0.3, -0.25) is 10.9 Å². The van der Waals surface area contributed by atoms with Gasteiger partial charge in [-0.1, -0.05) is 0 Å². The quantitative estimate of drug-likeness (QED) is 0.458. The Bertz CT molecular complexity index is 582. The molecule has 0 saturated carbocycles. The molecule has 0 spiro atoms. The lowest BCUT2D eigenvalue weighted by molar-refractivity contribution is 0.307. The van der Waals surface area contributed by atoms with Crippen LogP contribution < -0.4 is 22.3 Å². The van der Waals surface area contributed by atoms with Crippen molar-refractivity contribution in [2.24, 2.45) is 10.2 Å². The minimum Gasteiger partial charge on any atom is -0.379 e. The summed E-state index contributed by atoms with van der Waals surface area (Å²) in [5, 5.41) is 21.8. The molecule has 3 heterocycles. The number of anilines is 2. The van der Waals surface area contributed by atoms with Gasteiger partial charge in [0.25, 0.3) is 0 Å². The van der Waals surface area contributed by atoms with E-state index in [9.17, 15) is 0 Å². The molecule has 0 aliphatic carbocycles. The molecule has 6 N–H and O–H groups in total. The maximum Gasteiger partial charge on any atom is 0.200 e. The summed E-state index contributed by atoms with van der Waals surface area (Å²) in [5.41, 5.74) is 16.7. The van der Waals surface area contributed by atoms with E-state index in [0.717, 1.165) is 0 Å². The normalized spacial score (nSPS) is 14.4. The zero-order chi connectivity index (χ0) is 12.5. The number of hydrazone groups is 2. The minimum absolute atomic E-state index is 0.0873. The molecule has 0 amide bonds. The Morgan fingerprint density at radius 2 is 1.17 bits per heavy atom. The Hall–Kier alpha value is -3.18. The van der Waals surface area contributed by atoms with Crippen LogP contribution in [-0.2, 0) is 0 Å². The molecule has 12 heteroatoms. The van der Waals surface area contributed by atoms with E-state index in [-0.39, 0.29) is 34.7 Å². The molecule has 12 nitrogen and oxygen atoms in total. The lowest BCUT2D eigenvalue weighted by Gasteiger charge is -2.11. The first kappa shape index (κ1) is 10.0. The summed E-state index contributed by atoms with van der Waals surface area (Å²) in [5.74, 6) is 0.661. The van der Waals surface area contributed by atoms with E-state index in [0.29, 0.717) is 0 Å². The molecule has 0 atom stereocenters. The fourth-order valence-electron chi connectivity index (χ4n) is 1.20. The third kappa shape index (κ3) is 1.48. The standard InChI is InChI=1S/C6H6N10O2/c7-3-1(13-17-15-3)5-9-11-6(12-10-5)2-4(8)16-18-14-2/h(H2,7,15)(H2,8,16)(H,9,10)(H,11,12). The maximum absolute atomic E-state index is 5.50. The average molecular weight is 250 g/mol. The highest BCUT2D eigenvalue weighted by Crippen LogP contribution is 2.08. The van der Waals surface area contributed by atoms with Crippen molar-refractivity contribution in [2.45, 2.75) is 0 Å². The second-order valence-corrected chi connectivity index (χ2v) is 3.14. The fourth-order valence-corrected chi connectivity index (χ4v) is 1.20. The van der Waals surface area contributed by atoms with E-state index < -0.39 is 0 Å². The summed E-state index contributed by atoms with van der Waals surface area (Å²) in [6.07, 6.45) is 0. The van der Waals surface area contributed by atoms with Gasteiger partial charge in [0.1, 0.15) is 0 Å². The highest BCUT2D eigenvalue weighted by atomic mass is 16.6. The molecule has 0 unspecified atom stereocenters. The Labute approximate surface area is 98.0 Å². The molecule has 2 aromatic heterocycles. The molecule has 2 aromatic rings.